The number of ether oxygens (including phenoxy) is 2. The van der Waals surface area contributed by atoms with E-state index in [1.807, 2.05) is 0 Å². The van der Waals surface area contributed by atoms with Gasteiger partial charge in [-0.2, -0.15) is 0 Å². The van der Waals surface area contributed by atoms with Crippen LogP contribution < -0.4 is 0 Å². The second-order valence-electron chi connectivity index (χ2n) is 4.41. The molecule has 0 radical (unpaired) electrons. The van der Waals surface area contributed by atoms with Gasteiger partial charge in [-0.25, -0.2) is 0 Å². The molecule has 0 aromatic carbocycles. The van der Waals surface area contributed by atoms with Crippen LogP contribution in [0.15, 0.2) is 11.1 Å². The van der Waals surface area contributed by atoms with Gasteiger partial charge < -0.3 is 9.47 Å². The number of nitrogens with zero attached hydrogens (tertiary/aromatic N) is 1. The van der Waals surface area contributed by atoms with Crippen molar-refractivity contribution in [1.29, 1.82) is 0 Å². The van der Waals surface area contributed by atoms with E-state index in [0.717, 1.165) is 12.8 Å². The van der Waals surface area contributed by atoms with Gasteiger partial charge in [0.05, 0.1) is 6.04 Å². The van der Waals surface area contributed by atoms with Crippen molar-refractivity contribution in [2.45, 2.75) is 39.0 Å². The summed E-state index contributed by atoms with van der Waals surface area (Å²) in [6.07, 6.45) is 1.06. The van der Waals surface area contributed by atoms with Gasteiger partial charge in [-0.05, 0) is 26.7 Å². The third-order valence-electron chi connectivity index (χ3n) is 3.45. The van der Waals surface area contributed by atoms with Crippen LogP contribution in [-0.4, -0.2) is 42.8 Å². The van der Waals surface area contributed by atoms with E-state index in [9.17, 15) is 9.59 Å². The van der Waals surface area contributed by atoms with Crippen molar-refractivity contribution in [3.05, 3.63) is 11.1 Å². The first kappa shape index (κ1) is 12.3. The molecule has 5 heteroatoms. The molecule has 0 aliphatic carbocycles. The number of imide groups is 1. The van der Waals surface area contributed by atoms with Crippen LogP contribution in [0.2, 0.25) is 0 Å². The molecule has 0 spiro atoms. The maximum absolute atomic E-state index is 12.0. The SMILES string of the molecule is CO[C@@H]1OCCC[C@H]1N1C(=O)C(C)=C(C)C1=O. The smallest absolute Gasteiger partial charge is 0.257 e. The van der Waals surface area contributed by atoms with Gasteiger partial charge in [0.2, 0.25) is 0 Å². The monoisotopic (exact) mass is 239 g/mol. The lowest BCUT2D eigenvalue weighted by molar-refractivity contribution is -0.189. The lowest BCUT2D eigenvalue weighted by atomic mass is 10.1. The van der Waals surface area contributed by atoms with Crippen molar-refractivity contribution < 1.29 is 19.1 Å². The van der Waals surface area contributed by atoms with Crippen LogP contribution >= 0.6 is 0 Å². The van der Waals surface area contributed by atoms with Gasteiger partial charge in [0.15, 0.2) is 6.29 Å². The van der Waals surface area contributed by atoms with Crippen molar-refractivity contribution in [3.63, 3.8) is 0 Å². The normalized spacial score (nSPS) is 30.4. The topological polar surface area (TPSA) is 55.8 Å². The van der Waals surface area contributed by atoms with Gasteiger partial charge in [0.25, 0.3) is 11.8 Å². The third-order valence-corrected chi connectivity index (χ3v) is 3.45. The molecule has 1 saturated heterocycles. The Morgan fingerprint density at radius 1 is 1.24 bits per heavy atom. The lowest BCUT2D eigenvalue weighted by Crippen LogP contribution is -2.51. The van der Waals surface area contributed by atoms with E-state index in [4.69, 9.17) is 9.47 Å². The van der Waals surface area contributed by atoms with E-state index in [2.05, 4.69) is 0 Å². The predicted molar refractivity (Wildman–Crippen MR) is 60.0 cm³/mol. The van der Waals surface area contributed by atoms with Crippen LogP contribution in [0.4, 0.5) is 0 Å². The van der Waals surface area contributed by atoms with Gasteiger partial charge >= 0.3 is 0 Å². The fourth-order valence-corrected chi connectivity index (χ4v) is 2.29. The first-order valence-electron chi connectivity index (χ1n) is 5.77. The standard InChI is InChI=1S/C12H17NO4/c1-7-8(2)11(15)13(10(7)14)9-5-4-6-17-12(9)16-3/h9,12H,4-6H2,1-3H3/t9-,12-/m1/s1. The summed E-state index contributed by atoms with van der Waals surface area (Å²) in [6, 6.07) is -0.304. The van der Waals surface area contributed by atoms with Crippen molar-refractivity contribution in [3.8, 4) is 0 Å². The largest absolute Gasteiger partial charge is 0.354 e. The minimum absolute atomic E-state index is 0.218. The maximum Gasteiger partial charge on any atom is 0.257 e. The molecule has 2 atom stereocenters. The Morgan fingerprint density at radius 3 is 2.35 bits per heavy atom. The summed E-state index contributed by atoms with van der Waals surface area (Å²) in [5, 5.41) is 0. The van der Waals surface area contributed by atoms with E-state index >= 15 is 0 Å². The molecule has 0 bridgehead atoms. The van der Waals surface area contributed by atoms with E-state index < -0.39 is 6.29 Å². The summed E-state index contributed by atoms with van der Waals surface area (Å²) >= 11 is 0. The summed E-state index contributed by atoms with van der Waals surface area (Å²) < 4.78 is 10.6. The Labute approximate surface area is 100 Å². The zero-order valence-corrected chi connectivity index (χ0v) is 10.4. The van der Waals surface area contributed by atoms with Gasteiger partial charge in [-0.15, -0.1) is 0 Å². The average Bonchev–Trinajstić information content (AvgIpc) is 2.54. The highest BCUT2D eigenvalue weighted by molar-refractivity contribution is 6.19. The highest BCUT2D eigenvalue weighted by atomic mass is 16.7. The fraction of sp³-hybridized carbons (Fsp3) is 0.667. The van der Waals surface area contributed by atoms with E-state index in [1.165, 1.54) is 12.0 Å². The zero-order chi connectivity index (χ0) is 12.6. The van der Waals surface area contributed by atoms with E-state index in [-0.39, 0.29) is 17.9 Å². The molecule has 0 aromatic heterocycles. The second kappa shape index (κ2) is 4.58. The molecule has 94 valence electrons. The minimum atomic E-state index is -0.504. The molecule has 0 unspecified atom stereocenters. The van der Waals surface area contributed by atoms with Crippen molar-refractivity contribution >= 4 is 11.8 Å². The third kappa shape index (κ3) is 1.89. The molecule has 0 saturated carbocycles. The molecule has 5 nitrogen and oxygen atoms in total. The summed E-state index contributed by atoms with van der Waals surface area (Å²) in [7, 11) is 1.53. The van der Waals surface area contributed by atoms with Crippen LogP contribution in [-0.2, 0) is 19.1 Å². The van der Waals surface area contributed by atoms with Gasteiger partial charge in [0, 0.05) is 24.9 Å². The molecule has 0 aromatic rings. The summed E-state index contributed by atoms with van der Waals surface area (Å²) in [6.45, 7) is 3.97. The molecule has 2 rings (SSSR count). The van der Waals surface area contributed by atoms with Crippen LogP contribution in [0.5, 0.6) is 0 Å². The number of carbonyl (C=O) groups is 2. The minimum Gasteiger partial charge on any atom is -0.354 e. The first-order chi connectivity index (χ1) is 8.07. The van der Waals surface area contributed by atoms with Crippen LogP contribution in [0.25, 0.3) is 0 Å². The molecule has 2 aliphatic heterocycles. The predicted octanol–water partition coefficient (Wildman–Crippen LogP) is 0.843. The highest BCUT2D eigenvalue weighted by Gasteiger charge is 2.43. The first-order valence-corrected chi connectivity index (χ1v) is 5.77. The molecule has 2 heterocycles. The molecule has 17 heavy (non-hydrogen) atoms. The molecule has 2 aliphatic rings. The maximum atomic E-state index is 12.0. The summed E-state index contributed by atoms with van der Waals surface area (Å²) in [4.78, 5) is 25.3. The number of rotatable bonds is 2. The Bertz CT molecular complexity index is 364. The lowest BCUT2D eigenvalue weighted by Gasteiger charge is -2.35. The quantitative estimate of drug-likeness (QED) is 0.670. The fourth-order valence-electron chi connectivity index (χ4n) is 2.29. The molecule has 0 N–H and O–H groups in total. The molecule has 1 fully saturated rings. The Balaban J connectivity index is 2.23. The van der Waals surface area contributed by atoms with Gasteiger partial charge in [-0.1, -0.05) is 0 Å². The average molecular weight is 239 g/mol. The van der Waals surface area contributed by atoms with Crippen LogP contribution in [0.1, 0.15) is 26.7 Å². The number of carbonyl (C=O) groups excluding carboxylic acids is 2. The van der Waals surface area contributed by atoms with Gasteiger partial charge in [-0.3, -0.25) is 14.5 Å². The molecule has 2 amide bonds. The highest BCUT2D eigenvalue weighted by Crippen LogP contribution is 2.28. The van der Waals surface area contributed by atoms with Crippen molar-refractivity contribution in [2.75, 3.05) is 13.7 Å². The van der Waals surface area contributed by atoms with Gasteiger partial charge in [0.1, 0.15) is 0 Å². The Morgan fingerprint density at radius 2 is 1.82 bits per heavy atom. The van der Waals surface area contributed by atoms with E-state index in [0.29, 0.717) is 17.8 Å². The number of amides is 2. The van der Waals surface area contributed by atoms with Crippen molar-refractivity contribution in [1.82, 2.24) is 4.90 Å². The summed E-state index contributed by atoms with van der Waals surface area (Å²) in [5.41, 5.74) is 1.05. The van der Waals surface area contributed by atoms with Crippen LogP contribution in [0.3, 0.4) is 0 Å². The number of methoxy groups -OCH3 is 1. The van der Waals surface area contributed by atoms with E-state index in [1.54, 1.807) is 13.8 Å². The molecular weight excluding hydrogens is 222 g/mol. The van der Waals surface area contributed by atoms with Crippen LogP contribution in [0, 0.1) is 0 Å². The second-order valence-corrected chi connectivity index (χ2v) is 4.41. The Hall–Kier alpha value is -1.20. The molecular formula is C12H17NO4. The number of hydrogen-bond acceptors (Lipinski definition) is 4. The Kier molecular flexibility index (Phi) is 3.31. The van der Waals surface area contributed by atoms with Crippen molar-refractivity contribution in [2.24, 2.45) is 0 Å². The summed E-state index contributed by atoms with van der Waals surface area (Å²) in [5.74, 6) is -0.435. The zero-order valence-electron chi connectivity index (χ0n) is 10.4. The number of hydrogen-bond donors (Lipinski definition) is 0.